The molecular formula is C26H19Cl2N3O. The fourth-order valence-corrected chi connectivity index (χ4v) is 3.89. The van der Waals surface area contributed by atoms with Crippen molar-refractivity contribution in [2.24, 2.45) is 5.10 Å². The number of nitriles is 1. The summed E-state index contributed by atoms with van der Waals surface area (Å²) in [6, 6.07) is 26.9. The molecule has 4 rings (SSSR count). The average Bonchev–Trinajstić information content (AvgIpc) is 2.82. The number of benzene rings is 4. The Morgan fingerprint density at radius 1 is 0.938 bits per heavy atom. The zero-order valence-corrected chi connectivity index (χ0v) is 18.6. The second-order valence-electron chi connectivity index (χ2n) is 7.09. The van der Waals surface area contributed by atoms with Crippen LogP contribution in [0.5, 0.6) is 5.75 Å². The number of nitrogens with zero attached hydrogens (tertiary/aromatic N) is 2. The highest BCUT2D eigenvalue weighted by Crippen LogP contribution is 2.28. The molecule has 0 spiro atoms. The summed E-state index contributed by atoms with van der Waals surface area (Å²) >= 11 is 12.5. The molecule has 0 aliphatic carbocycles. The number of ether oxygens (including phenoxy) is 1. The Labute approximate surface area is 196 Å². The van der Waals surface area contributed by atoms with Crippen molar-refractivity contribution in [1.29, 1.82) is 5.26 Å². The molecule has 0 unspecified atom stereocenters. The predicted molar refractivity (Wildman–Crippen MR) is 130 cm³/mol. The lowest BCUT2D eigenvalue weighted by atomic mass is 10.0. The zero-order chi connectivity index (χ0) is 22.3. The highest BCUT2D eigenvalue weighted by molar-refractivity contribution is 6.35. The van der Waals surface area contributed by atoms with Crippen molar-refractivity contribution < 1.29 is 4.74 Å². The van der Waals surface area contributed by atoms with Gasteiger partial charge in [0.2, 0.25) is 0 Å². The van der Waals surface area contributed by atoms with E-state index >= 15 is 0 Å². The smallest absolute Gasteiger partial charge is 0.129 e. The van der Waals surface area contributed by atoms with E-state index in [2.05, 4.69) is 16.6 Å². The molecule has 0 fully saturated rings. The van der Waals surface area contributed by atoms with E-state index in [1.807, 2.05) is 60.7 Å². The van der Waals surface area contributed by atoms with Crippen molar-refractivity contribution in [2.75, 3.05) is 0 Å². The van der Waals surface area contributed by atoms with Crippen molar-refractivity contribution in [1.82, 2.24) is 5.43 Å². The van der Waals surface area contributed by atoms with E-state index in [4.69, 9.17) is 33.2 Å². The zero-order valence-electron chi connectivity index (χ0n) is 17.1. The summed E-state index contributed by atoms with van der Waals surface area (Å²) < 4.78 is 6.11. The molecule has 158 valence electrons. The monoisotopic (exact) mass is 459 g/mol. The van der Waals surface area contributed by atoms with Gasteiger partial charge in [0, 0.05) is 21.2 Å². The van der Waals surface area contributed by atoms with E-state index in [-0.39, 0.29) is 0 Å². The van der Waals surface area contributed by atoms with Gasteiger partial charge in [0.05, 0.1) is 24.4 Å². The summed E-state index contributed by atoms with van der Waals surface area (Å²) in [5.74, 6) is 0.701. The van der Waals surface area contributed by atoms with Gasteiger partial charge in [-0.05, 0) is 46.7 Å². The van der Waals surface area contributed by atoms with Crippen molar-refractivity contribution >= 4 is 40.2 Å². The van der Waals surface area contributed by atoms with Crippen LogP contribution in [-0.4, -0.2) is 6.21 Å². The van der Waals surface area contributed by atoms with Gasteiger partial charge in [0.15, 0.2) is 0 Å². The molecule has 6 heteroatoms. The van der Waals surface area contributed by atoms with Crippen LogP contribution in [0, 0.1) is 11.3 Å². The Balaban J connectivity index is 1.57. The second kappa shape index (κ2) is 10.2. The van der Waals surface area contributed by atoms with E-state index in [0.717, 1.165) is 27.5 Å². The quantitative estimate of drug-likeness (QED) is 0.246. The van der Waals surface area contributed by atoms with E-state index in [1.54, 1.807) is 24.4 Å². The third kappa shape index (κ3) is 5.03. The Morgan fingerprint density at radius 2 is 1.72 bits per heavy atom. The normalized spacial score (nSPS) is 10.9. The van der Waals surface area contributed by atoms with Gasteiger partial charge < -0.3 is 10.2 Å². The van der Waals surface area contributed by atoms with Crippen molar-refractivity contribution in [3.8, 4) is 11.8 Å². The minimum absolute atomic E-state index is 0.345. The number of nitrogens with one attached hydrogen (secondary N) is 1. The minimum atomic E-state index is 0.345. The van der Waals surface area contributed by atoms with Gasteiger partial charge in [0.25, 0.3) is 0 Å². The first-order valence-electron chi connectivity index (χ1n) is 9.98. The molecule has 4 nitrogen and oxygen atoms in total. The van der Waals surface area contributed by atoms with Crippen molar-refractivity contribution in [3.63, 3.8) is 0 Å². The first-order chi connectivity index (χ1) is 15.7. The highest BCUT2D eigenvalue weighted by Gasteiger charge is 2.09. The van der Waals surface area contributed by atoms with Crippen LogP contribution in [0.3, 0.4) is 0 Å². The van der Waals surface area contributed by atoms with Crippen LogP contribution in [0.2, 0.25) is 10.0 Å². The van der Waals surface area contributed by atoms with Crippen molar-refractivity contribution in [2.45, 2.75) is 13.2 Å². The summed E-state index contributed by atoms with van der Waals surface area (Å²) in [6.07, 6.45) is 1.74. The van der Waals surface area contributed by atoms with Gasteiger partial charge in [-0.1, -0.05) is 71.7 Å². The molecule has 1 N–H and O–H groups in total. The molecule has 4 aromatic rings. The highest BCUT2D eigenvalue weighted by atomic mass is 35.5. The summed E-state index contributed by atoms with van der Waals surface area (Å²) in [4.78, 5) is 0. The van der Waals surface area contributed by atoms with Gasteiger partial charge >= 0.3 is 0 Å². The summed E-state index contributed by atoms with van der Waals surface area (Å²) in [5.41, 5.74) is 6.20. The van der Waals surface area contributed by atoms with Gasteiger partial charge in [-0.15, -0.1) is 0 Å². The Kier molecular flexibility index (Phi) is 6.91. The Bertz CT molecular complexity index is 1310. The average molecular weight is 460 g/mol. The third-order valence-corrected chi connectivity index (χ3v) is 5.69. The van der Waals surface area contributed by atoms with Crippen molar-refractivity contribution in [3.05, 3.63) is 111 Å². The van der Waals surface area contributed by atoms with Crippen LogP contribution >= 0.6 is 23.2 Å². The van der Waals surface area contributed by atoms with E-state index in [1.165, 1.54) is 0 Å². The lowest BCUT2D eigenvalue weighted by Gasteiger charge is -2.12. The fraction of sp³-hybridized carbons (Fsp3) is 0.0769. The maximum absolute atomic E-state index is 9.12. The molecule has 0 amide bonds. The molecule has 0 saturated heterocycles. The Hall–Kier alpha value is -3.52. The molecule has 32 heavy (non-hydrogen) atoms. The number of hydrazone groups is 1. The van der Waals surface area contributed by atoms with Crippen LogP contribution < -0.4 is 10.2 Å². The van der Waals surface area contributed by atoms with Crippen LogP contribution in [0.25, 0.3) is 10.8 Å². The topological polar surface area (TPSA) is 57.4 Å². The molecule has 0 aromatic heterocycles. The van der Waals surface area contributed by atoms with E-state index in [0.29, 0.717) is 34.5 Å². The van der Waals surface area contributed by atoms with E-state index < -0.39 is 0 Å². The van der Waals surface area contributed by atoms with E-state index in [9.17, 15) is 0 Å². The summed E-state index contributed by atoms with van der Waals surface area (Å²) in [6.45, 7) is 0.744. The van der Waals surface area contributed by atoms with Gasteiger partial charge in [-0.3, -0.25) is 0 Å². The number of hydrogen-bond acceptors (Lipinski definition) is 4. The molecule has 0 saturated carbocycles. The molecule has 0 heterocycles. The molecule has 0 aliphatic heterocycles. The molecule has 0 radical (unpaired) electrons. The molecular weight excluding hydrogens is 441 g/mol. The largest absolute Gasteiger partial charge is 0.488 e. The first kappa shape index (κ1) is 21.7. The summed E-state index contributed by atoms with van der Waals surface area (Å²) in [5, 5.41) is 16.8. The maximum atomic E-state index is 9.12. The third-order valence-electron chi connectivity index (χ3n) is 4.98. The second-order valence-corrected chi connectivity index (χ2v) is 7.91. The Morgan fingerprint density at radius 3 is 2.53 bits per heavy atom. The lowest BCUT2D eigenvalue weighted by molar-refractivity contribution is 0.306. The van der Waals surface area contributed by atoms with Crippen LogP contribution in [0.1, 0.15) is 22.3 Å². The number of hydrogen-bond donors (Lipinski definition) is 1. The molecule has 4 aromatic carbocycles. The number of halogens is 2. The standard InChI is InChI=1S/C26H19Cl2N3O/c27-24-9-4-10-25(28)23(24)16-31-30-15-22-21-8-2-1-7-20(21)11-12-26(22)32-17-19-6-3-5-18(13-19)14-29/h1-13,15,31H,16-17H2/b30-15-. The lowest BCUT2D eigenvalue weighted by Crippen LogP contribution is -2.07. The SMILES string of the molecule is N#Cc1cccc(COc2ccc3ccccc3c2/C=N\NCc2c(Cl)cccc2Cl)c1. The number of fused-ring (bicyclic) bond motifs is 1. The molecule has 0 atom stereocenters. The van der Waals surface area contributed by atoms with Crippen LogP contribution in [-0.2, 0) is 13.2 Å². The van der Waals surface area contributed by atoms with Gasteiger partial charge in [0.1, 0.15) is 12.4 Å². The first-order valence-corrected chi connectivity index (χ1v) is 10.7. The van der Waals surface area contributed by atoms with Gasteiger partial charge in [-0.25, -0.2) is 0 Å². The minimum Gasteiger partial charge on any atom is -0.488 e. The van der Waals surface area contributed by atoms with Gasteiger partial charge in [-0.2, -0.15) is 10.4 Å². The van der Waals surface area contributed by atoms with Crippen LogP contribution in [0.15, 0.2) is 84.0 Å². The predicted octanol–water partition coefficient (Wildman–Crippen LogP) is 6.72. The fourth-order valence-electron chi connectivity index (χ4n) is 3.36. The molecule has 0 aliphatic rings. The summed E-state index contributed by atoms with van der Waals surface area (Å²) in [7, 11) is 0. The molecule has 0 bridgehead atoms. The maximum Gasteiger partial charge on any atom is 0.129 e. The van der Waals surface area contributed by atoms with Crippen LogP contribution in [0.4, 0.5) is 0 Å². The number of rotatable bonds is 7.